The molecule has 0 aliphatic rings. The van der Waals surface area contributed by atoms with Gasteiger partial charge in [0.2, 0.25) is 15.9 Å². The summed E-state index contributed by atoms with van der Waals surface area (Å²) in [4.78, 5) is 12.3. The van der Waals surface area contributed by atoms with Gasteiger partial charge >= 0.3 is 0 Å². The first kappa shape index (κ1) is 22.7. The van der Waals surface area contributed by atoms with Crippen LogP contribution in [0.4, 0.5) is 5.69 Å². The topological polar surface area (TPSA) is 75.7 Å². The van der Waals surface area contributed by atoms with Gasteiger partial charge in [-0.3, -0.25) is 9.10 Å². The molecule has 0 bridgehead atoms. The SMILES string of the molecule is Cc1cc(C)cc(OCCNC(=O)CN(c2ccc(C(C)C)cc2)S(C)(=O)=O)c1. The summed E-state index contributed by atoms with van der Waals surface area (Å²) in [6, 6.07) is 13.1. The van der Waals surface area contributed by atoms with Gasteiger partial charge in [0.05, 0.1) is 18.5 Å². The Hall–Kier alpha value is -2.54. The normalized spacial score (nSPS) is 11.4. The van der Waals surface area contributed by atoms with Gasteiger partial charge in [-0.1, -0.05) is 32.0 Å². The molecule has 0 spiro atoms. The second-order valence-corrected chi connectivity index (χ2v) is 9.44. The number of aryl methyl sites for hydroxylation is 2. The third kappa shape index (κ3) is 7.09. The highest BCUT2D eigenvalue weighted by molar-refractivity contribution is 7.92. The minimum absolute atomic E-state index is 0.274. The fourth-order valence-electron chi connectivity index (χ4n) is 2.99. The second-order valence-electron chi connectivity index (χ2n) is 7.54. The first-order valence-corrected chi connectivity index (χ1v) is 11.5. The van der Waals surface area contributed by atoms with E-state index in [2.05, 4.69) is 25.2 Å². The molecule has 0 heterocycles. The van der Waals surface area contributed by atoms with E-state index in [-0.39, 0.29) is 19.0 Å². The summed E-state index contributed by atoms with van der Waals surface area (Å²) in [5.41, 5.74) is 3.79. The first-order valence-electron chi connectivity index (χ1n) is 9.61. The van der Waals surface area contributed by atoms with E-state index in [1.807, 2.05) is 38.1 Å². The molecule has 1 amide bonds. The van der Waals surface area contributed by atoms with Crippen LogP contribution < -0.4 is 14.4 Å². The van der Waals surface area contributed by atoms with Gasteiger partial charge in [0.15, 0.2) is 0 Å². The van der Waals surface area contributed by atoms with Crippen molar-refractivity contribution in [2.75, 3.05) is 30.3 Å². The Balaban J connectivity index is 1.93. The monoisotopic (exact) mass is 418 g/mol. The molecule has 1 N–H and O–H groups in total. The van der Waals surface area contributed by atoms with Gasteiger partial charge in [0, 0.05) is 0 Å². The third-order valence-electron chi connectivity index (χ3n) is 4.42. The molecule has 29 heavy (non-hydrogen) atoms. The number of hydrogen-bond donors (Lipinski definition) is 1. The van der Waals surface area contributed by atoms with Crippen molar-refractivity contribution < 1.29 is 17.9 Å². The fourth-order valence-corrected chi connectivity index (χ4v) is 3.84. The summed E-state index contributed by atoms with van der Waals surface area (Å²) in [6.07, 6.45) is 1.10. The molecule has 0 aromatic heterocycles. The largest absolute Gasteiger partial charge is 0.492 e. The van der Waals surface area contributed by atoms with E-state index in [1.165, 1.54) is 0 Å². The molecule has 0 aliphatic carbocycles. The Morgan fingerprint density at radius 2 is 1.66 bits per heavy atom. The number of amides is 1. The lowest BCUT2D eigenvalue weighted by molar-refractivity contribution is -0.119. The molecule has 0 saturated heterocycles. The standard InChI is InChI=1S/C22H30N2O4S/c1-16(2)19-6-8-20(9-7-19)24(29(5,26)27)15-22(25)23-10-11-28-21-13-17(3)12-18(4)14-21/h6-9,12-14,16H,10-11,15H2,1-5H3,(H,23,25). The molecule has 6 nitrogen and oxygen atoms in total. The minimum atomic E-state index is -3.59. The average molecular weight is 419 g/mol. The summed E-state index contributed by atoms with van der Waals surface area (Å²) >= 11 is 0. The van der Waals surface area contributed by atoms with E-state index in [4.69, 9.17) is 4.74 Å². The van der Waals surface area contributed by atoms with Crippen LogP contribution in [0.3, 0.4) is 0 Å². The van der Waals surface area contributed by atoms with E-state index >= 15 is 0 Å². The quantitative estimate of drug-likeness (QED) is 0.634. The van der Waals surface area contributed by atoms with Crippen LogP contribution in [0.5, 0.6) is 5.75 Å². The van der Waals surface area contributed by atoms with Crippen LogP contribution in [0.15, 0.2) is 42.5 Å². The number of rotatable bonds is 9. The number of ether oxygens (including phenoxy) is 1. The molecule has 0 fully saturated rings. The Bertz CT molecular complexity index is 918. The minimum Gasteiger partial charge on any atom is -0.492 e. The molecular weight excluding hydrogens is 388 g/mol. The van der Waals surface area contributed by atoms with E-state index in [9.17, 15) is 13.2 Å². The fraction of sp³-hybridized carbons (Fsp3) is 0.409. The molecule has 2 aromatic carbocycles. The van der Waals surface area contributed by atoms with E-state index < -0.39 is 10.0 Å². The first-order chi connectivity index (χ1) is 13.6. The predicted octanol–water partition coefficient (Wildman–Crippen LogP) is 3.39. The average Bonchev–Trinajstić information content (AvgIpc) is 2.61. The van der Waals surface area contributed by atoms with Crippen LogP contribution in [0.25, 0.3) is 0 Å². The lowest BCUT2D eigenvalue weighted by Gasteiger charge is -2.22. The van der Waals surface area contributed by atoms with Crippen LogP contribution in [0, 0.1) is 13.8 Å². The van der Waals surface area contributed by atoms with Crippen molar-refractivity contribution in [1.82, 2.24) is 5.32 Å². The number of carbonyl (C=O) groups is 1. The van der Waals surface area contributed by atoms with Gasteiger partial charge in [0.1, 0.15) is 18.9 Å². The zero-order valence-corrected chi connectivity index (χ0v) is 18.5. The van der Waals surface area contributed by atoms with Crippen molar-refractivity contribution in [3.05, 3.63) is 59.2 Å². The number of hydrogen-bond acceptors (Lipinski definition) is 4. The molecular formula is C22H30N2O4S. The zero-order chi connectivity index (χ0) is 21.6. The van der Waals surface area contributed by atoms with E-state index in [0.29, 0.717) is 18.2 Å². The maximum Gasteiger partial charge on any atom is 0.240 e. The number of anilines is 1. The number of sulfonamides is 1. The van der Waals surface area contributed by atoms with E-state index in [1.54, 1.807) is 12.1 Å². The molecule has 0 saturated carbocycles. The van der Waals surface area contributed by atoms with Gasteiger partial charge in [-0.2, -0.15) is 0 Å². The molecule has 0 atom stereocenters. The highest BCUT2D eigenvalue weighted by Gasteiger charge is 2.20. The van der Waals surface area contributed by atoms with Crippen molar-refractivity contribution in [2.45, 2.75) is 33.6 Å². The maximum atomic E-state index is 12.3. The Labute approximate surface area is 173 Å². The summed E-state index contributed by atoms with van der Waals surface area (Å²) < 4.78 is 31.1. The summed E-state index contributed by atoms with van der Waals surface area (Å²) in [5.74, 6) is 0.711. The molecule has 7 heteroatoms. The van der Waals surface area contributed by atoms with Gasteiger partial charge in [-0.15, -0.1) is 0 Å². The van der Waals surface area contributed by atoms with Crippen molar-refractivity contribution in [3.63, 3.8) is 0 Å². The second kappa shape index (κ2) is 9.78. The van der Waals surface area contributed by atoms with Crippen molar-refractivity contribution in [3.8, 4) is 5.75 Å². The van der Waals surface area contributed by atoms with Crippen molar-refractivity contribution in [2.24, 2.45) is 0 Å². The van der Waals surface area contributed by atoms with Gasteiger partial charge in [0.25, 0.3) is 0 Å². The van der Waals surface area contributed by atoms with E-state index in [0.717, 1.165) is 33.0 Å². The smallest absolute Gasteiger partial charge is 0.240 e. The highest BCUT2D eigenvalue weighted by Crippen LogP contribution is 2.22. The molecule has 0 unspecified atom stereocenters. The zero-order valence-electron chi connectivity index (χ0n) is 17.7. The molecule has 2 aromatic rings. The van der Waals surface area contributed by atoms with Crippen LogP contribution in [-0.2, 0) is 14.8 Å². The Morgan fingerprint density at radius 3 is 2.17 bits per heavy atom. The lowest BCUT2D eigenvalue weighted by atomic mass is 10.0. The Kier molecular flexibility index (Phi) is 7.67. The summed E-state index contributed by atoms with van der Waals surface area (Å²) in [5, 5.41) is 2.71. The molecule has 0 aliphatic heterocycles. The molecule has 158 valence electrons. The maximum absolute atomic E-state index is 12.3. The van der Waals surface area contributed by atoms with Crippen molar-refractivity contribution in [1.29, 1.82) is 0 Å². The number of nitrogens with one attached hydrogen (secondary N) is 1. The number of benzene rings is 2. The number of nitrogens with zero attached hydrogens (tertiary/aromatic N) is 1. The molecule has 0 radical (unpaired) electrons. The van der Waals surface area contributed by atoms with Gasteiger partial charge in [-0.25, -0.2) is 8.42 Å². The van der Waals surface area contributed by atoms with Gasteiger partial charge < -0.3 is 10.1 Å². The van der Waals surface area contributed by atoms with Crippen molar-refractivity contribution >= 4 is 21.6 Å². The lowest BCUT2D eigenvalue weighted by Crippen LogP contribution is -2.41. The Morgan fingerprint density at radius 1 is 1.07 bits per heavy atom. The third-order valence-corrected chi connectivity index (χ3v) is 5.56. The highest BCUT2D eigenvalue weighted by atomic mass is 32.2. The van der Waals surface area contributed by atoms with Crippen LogP contribution in [0.1, 0.15) is 36.5 Å². The van der Waals surface area contributed by atoms with Crippen LogP contribution >= 0.6 is 0 Å². The number of carbonyl (C=O) groups excluding carboxylic acids is 1. The molecule has 2 rings (SSSR count). The summed E-state index contributed by atoms with van der Waals surface area (Å²) in [7, 11) is -3.59. The van der Waals surface area contributed by atoms with Crippen LogP contribution in [-0.4, -0.2) is 40.3 Å². The summed E-state index contributed by atoms with van der Waals surface area (Å²) in [6.45, 7) is 8.44. The van der Waals surface area contributed by atoms with Crippen LogP contribution in [0.2, 0.25) is 0 Å². The predicted molar refractivity (Wildman–Crippen MR) is 117 cm³/mol. The van der Waals surface area contributed by atoms with Gasteiger partial charge in [-0.05, 0) is 60.7 Å².